The van der Waals surface area contributed by atoms with Crippen molar-refractivity contribution in [2.75, 3.05) is 5.73 Å². The van der Waals surface area contributed by atoms with Gasteiger partial charge in [-0.25, -0.2) is 0 Å². The molecule has 2 nitrogen and oxygen atoms in total. The summed E-state index contributed by atoms with van der Waals surface area (Å²) in [6, 6.07) is 13.1. The van der Waals surface area contributed by atoms with Gasteiger partial charge in [-0.1, -0.05) is 29.8 Å². The SMILES string of the molecule is Clc1ccccc1.Nc1ccc[nH]1. The van der Waals surface area contributed by atoms with Crippen molar-refractivity contribution in [2.45, 2.75) is 0 Å². The Labute approximate surface area is 82.3 Å². The van der Waals surface area contributed by atoms with Crippen molar-refractivity contribution in [3.05, 3.63) is 53.7 Å². The largest absolute Gasteiger partial charge is 0.385 e. The van der Waals surface area contributed by atoms with Crippen LogP contribution in [0.15, 0.2) is 48.7 Å². The summed E-state index contributed by atoms with van der Waals surface area (Å²) in [5.74, 6) is 0.718. The lowest BCUT2D eigenvalue weighted by molar-refractivity contribution is 1.42. The molecule has 68 valence electrons. The molecule has 2 rings (SSSR count). The van der Waals surface area contributed by atoms with Gasteiger partial charge in [0.1, 0.15) is 5.82 Å². The minimum Gasteiger partial charge on any atom is -0.385 e. The van der Waals surface area contributed by atoms with Gasteiger partial charge in [-0.3, -0.25) is 0 Å². The smallest absolute Gasteiger partial charge is 0.100 e. The van der Waals surface area contributed by atoms with E-state index in [2.05, 4.69) is 4.98 Å². The standard InChI is InChI=1S/C6H5Cl.C4H6N2/c7-6-4-2-1-3-5-6;5-4-2-1-3-6-4/h1-5H;1-3,6H,5H2. The van der Waals surface area contributed by atoms with Crippen molar-refractivity contribution >= 4 is 17.4 Å². The Morgan fingerprint density at radius 3 is 1.92 bits per heavy atom. The number of nitrogens with two attached hydrogens (primary N) is 1. The van der Waals surface area contributed by atoms with E-state index in [0.29, 0.717) is 0 Å². The Morgan fingerprint density at radius 2 is 1.69 bits per heavy atom. The summed E-state index contributed by atoms with van der Waals surface area (Å²) in [7, 11) is 0. The molecule has 0 atom stereocenters. The second-order valence-electron chi connectivity index (χ2n) is 2.42. The molecule has 0 unspecified atom stereocenters. The van der Waals surface area contributed by atoms with Crippen LogP contribution in [0.25, 0.3) is 0 Å². The van der Waals surface area contributed by atoms with Crippen LogP contribution < -0.4 is 5.73 Å². The van der Waals surface area contributed by atoms with Crippen LogP contribution in [0, 0.1) is 0 Å². The van der Waals surface area contributed by atoms with Crippen LogP contribution in [-0.4, -0.2) is 4.98 Å². The average Bonchev–Trinajstić information content (AvgIpc) is 2.58. The highest BCUT2D eigenvalue weighted by molar-refractivity contribution is 6.30. The molecule has 1 aromatic heterocycles. The van der Waals surface area contributed by atoms with Gasteiger partial charge < -0.3 is 10.7 Å². The first kappa shape index (κ1) is 9.68. The molecule has 0 aliphatic rings. The van der Waals surface area contributed by atoms with E-state index in [0.717, 1.165) is 10.8 Å². The highest BCUT2D eigenvalue weighted by Crippen LogP contribution is 2.03. The maximum absolute atomic E-state index is 5.54. The molecule has 0 saturated heterocycles. The van der Waals surface area contributed by atoms with Gasteiger partial charge in [0.15, 0.2) is 0 Å². The Morgan fingerprint density at radius 1 is 1.00 bits per heavy atom. The van der Waals surface area contributed by atoms with Gasteiger partial charge in [-0.05, 0) is 24.3 Å². The van der Waals surface area contributed by atoms with Gasteiger partial charge in [0.25, 0.3) is 0 Å². The van der Waals surface area contributed by atoms with Gasteiger partial charge >= 0.3 is 0 Å². The molecular formula is C10H11ClN2. The topological polar surface area (TPSA) is 41.8 Å². The molecule has 0 aliphatic heterocycles. The third-order valence-corrected chi connectivity index (χ3v) is 1.61. The van der Waals surface area contributed by atoms with Crippen LogP contribution in [0.3, 0.4) is 0 Å². The molecule has 0 fully saturated rings. The number of aromatic amines is 1. The molecule has 2 aromatic rings. The Kier molecular flexibility index (Phi) is 3.93. The minimum atomic E-state index is 0.718. The van der Waals surface area contributed by atoms with Crippen molar-refractivity contribution in [3.63, 3.8) is 0 Å². The van der Waals surface area contributed by atoms with E-state index in [4.69, 9.17) is 17.3 Å². The predicted molar refractivity (Wildman–Crippen MR) is 56.7 cm³/mol. The third-order valence-electron chi connectivity index (χ3n) is 1.36. The Balaban J connectivity index is 0.000000132. The van der Waals surface area contributed by atoms with Crippen molar-refractivity contribution in [2.24, 2.45) is 0 Å². The van der Waals surface area contributed by atoms with Crippen LogP contribution in [0.4, 0.5) is 5.82 Å². The monoisotopic (exact) mass is 194 g/mol. The maximum Gasteiger partial charge on any atom is 0.100 e. The van der Waals surface area contributed by atoms with Crippen molar-refractivity contribution in [1.29, 1.82) is 0 Å². The normalized spacial score (nSPS) is 8.69. The number of hydrogen-bond donors (Lipinski definition) is 2. The molecule has 1 aromatic carbocycles. The predicted octanol–water partition coefficient (Wildman–Crippen LogP) is 2.94. The number of H-pyrrole nitrogens is 1. The highest BCUT2D eigenvalue weighted by Gasteiger charge is 1.75. The number of nitrogens with one attached hydrogen (secondary N) is 1. The number of aromatic nitrogens is 1. The van der Waals surface area contributed by atoms with Crippen LogP contribution in [-0.2, 0) is 0 Å². The number of rotatable bonds is 0. The van der Waals surface area contributed by atoms with E-state index in [1.54, 1.807) is 12.3 Å². The van der Waals surface area contributed by atoms with E-state index >= 15 is 0 Å². The first-order valence-electron chi connectivity index (χ1n) is 3.88. The number of anilines is 1. The first-order valence-corrected chi connectivity index (χ1v) is 4.26. The van der Waals surface area contributed by atoms with Gasteiger partial charge in [0.05, 0.1) is 0 Å². The van der Waals surface area contributed by atoms with Crippen molar-refractivity contribution in [3.8, 4) is 0 Å². The molecule has 0 amide bonds. The summed E-state index contributed by atoms with van der Waals surface area (Å²) in [4.78, 5) is 2.78. The van der Waals surface area contributed by atoms with Crippen LogP contribution in [0.2, 0.25) is 5.02 Å². The molecule has 0 radical (unpaired) electrons. The zero-order valence-corrected chi connectivity index (χ0v) is 7.83. The lowest BCUT2D eigenvalue weighted by Gasteiger charge is -1.80. The van der Waals surface area contributed by atoms with E-state index in [1.165, 1.54) is 0 Å². The number of halogens is 1. The summed E-state index contributed by atoms with van der Waals surface area (Å²) in [6.07, 6.45) is 1.79. The summed E-state index contributed by atoms with van der Waals surface area (Å²) in [6.45, 7) is 0. The van der Waals surface area contributed by atoms with Gasteiger partial charge in [-0.2, -0.15) is 0 Å². The fraction of sp³-hybridized carbons (Fsp3) is 0. The molecule has 3 N–H and O–H groups in total. The molecular weight excluding hydrogens is 184 g/mol. The number of nitrogen functional groups attached to an aromatic ring is 1. The minimum absolute atomic E-state index is 0.718. The Bertz CT molecular complexity index is 316. The van der Waals surface area contributed by atoms with Crippen molar-refractivity contribution < 1.29 is 0 Å². The average molecular weight is 195 g/mol. The van der Waals surface area contributed by atoms with E-state index in [9.17, 15) is 0 Å². The molecule has 13 heavy (non-hydrogen) atoms. The lowest BCUT2D eigenvalue weighted by Crippen LogP contribution is -1.79. The zero-order valence-electron chi connectivity index (χ0n) is 7.07. The van der Waals surface area contributed by atoms with Gasteiger partial charge in [0.2, 0.25) is 0 Å². The lowest BCUT2D eigenvalue weighted by atomic mass is 10.4. The van der Waals surface area contributed by atoms with Gasteiger partial charge in [-0.15, -0.1) is 0 Å². The van der Waals surface area contributed by atoms with Crippen LogP contribution in [0.5, 0.6) is 0 Å². The Hall–Kier alpha value is -1.41. The fourth-order valence-electron chi connectivity index (χ4n) is 0.759. The second kappa shape index (κ2) is 5.27. The first-order chi connectivity index (χ1) is 6.29. The van der Waals surface area contributed by atoms with Gasteiger partial charge in [0, 0.05) is 11.2 Å². The van der Waals surface area contributed by atoms with E-state index in [-0.39, 0.29) is 0 Å². The summed E-state index contributed by atoms with van der Waals surface area (Å²) >= 11 is 5.54. The summed E-state index contributed by atoms with van der Waals surface area (Å²) in [5, 5.41) is 0.794. The zero-order chi connectivity index (χ0) is 9.52. The van der Waals surface area contributed by atoms with Crippen molar-refractivity contribution in [1.82, 2.24) is 4.98 Å². The second-order valence-corrected chi connectivity index (χ2v) is 2.86. The molecule has 0 bridgehead atoms. The van der Waals surface area contributed by atoms with Crippen LogP contribution in [0.1, 0.15) is 0 Å². The maximum atomic E-state index is 5.54. The molecule has 0 aliphatic carbocycles. The fourth-order valence-corrected chi connectivity index (χ4v) is 0.904. The quantitative estimate of drug-likeness (QED) is 0.665. The number of hydrogen-bond acceptors (Lipinski definition) is 1. The highest BCUT2D eigenvalue weighted by atomic mass is 35.5. The molecule has 0 spiro atoms. The summed E-state index contributed by atoms with van der Waals surface area (Å²) < 4.78 is 0. The molecule has 0 saturated carbocycles. The molecule has 3 heteroatoms. The number of benzene rings is 1. The van der Waals surface area contributed by atoms with E-state index in [1.807, 2.05) is 36.4 Å². The van der Waals surface area contributed by atoms with E-state index < -0.39 is 0 Å². The summed E-state index contributed by atoms with van der Waals surface area (Å²) in [5.41, 5.74) is 5.22. The molecule has 1 heterocycles. The third kappa shape index (κ3) is 4.23. The van der Waals surface area contributed by atoms with Crippen LogP contribution >= 0.6 is 11.6 Å².